The average Bonchev–Trinajstić information content (AvgIpc) is 2.55. The molecule has 8 rings (SSSR count). The van der Waals surface area contributed by atoms with E-state index in [0.29, 0.717) is 114 Å². The minimum absolute atomic E-state index is 0.00543. The number of nitrogens with one attached hydrogen (secondary N) is 3. The van der Waals surface area contributed by atoms with Crippen LogP contribution in [0.25, 0.3) is 0 Å². The minimum atomic E-state index is -3.82. The summed E-state index contributed by atoms with van der Waals surface area (Å²) in [6, 6.07) is 17.0. The second-order valence-corrected chi connectivity index (χ2v) is 28.9. The van der Waals surface area contributed by atoms with E-state index in [4.69, 9.17) is 86.3 Å². The van der Waals surface area contributed by atoms with Gasteiger partial charge < -0.3 is 50.5 Å². The summed E-state index contributed by atoms with van der Waals surface area (Å²) >= 11 is 26.2. The van der Waals surface area contributed by atoms with Gasteiger partial charge in [0.2, 0.25) is 10.0 Å². The zero-order valence-corrected chi connectivity index (χ0v) is 55.2. The zero-order valence-electron chi connectivity index (χ0n) is 50.5. The monoisotopic (exact) mass is 1340 g/mol. The second-order valence-electron chi connectivity index (χ2n) is 23.3. The smallest absolute Gasteiger partial charge is 0.314 e. The van der Waals surface area contributed by atoms with E-state index in [-0.39, 0.29) is 103 Å². The van der Waals surface area contributed by atoms with E-state index in [2.05, 4.69) is 25.2 Å². The van der Waals surface area contributed by atoms with E-state index < -0.39 is 19.9 Å². The van der Waals surface area contributed by atoms with Gasteiger partial charge in [0, 0.05) is 102 Å². The molecule has 0 unspecified atom stereocenters. The molecule has 25 heteroatoms. The van der Waals surface area contributed by atoms with Gasteiger partial charge in [0.15, 0.2) is 9.84 Å². The van der Waals surface area contributed by atoms with E-state index in [9.17, 15) is 26.4 Å². The van der Waals surface area contributed by atoms with Gasteiger partial charge in [-0.05, 0) is 174 Å². The molecule has 486 valence electrons. The maximum atomic E-state index is 13.3. The number of unbranched alkanes of at least 4 members (excludes halogenated alkanes) is 2. The third-order valence-electron chi connectivity index (χ3n) is 16.6. The molecule has 0 saturated carbocycles. The average molecular weight is 1340 g/mol. The standard InChI is InChI=1S/C63H87Cl4N7O12S2/c1-42-32-49(14-16-59(42)85-61-53-34-44(64)36-55(66)51(53)38-57(61)73-21-6-10-46(68)40-73)87(77,78)31-9-24-82-28-29-83-25-19-71-63(76)70-18-5-3-4-12-48(75)13-8-23-81-27-30-84-26-20-72-88(79,80)50-15-17-60(43(2)33-50)86-62-54-35-45(65)37-56(67)52(54)39-58(62)74-22-7-11-47(69)41-74/h14-17,32-37,46-47,57-58,61-62,72H,3-13,18-31,38-41,68-69H2,1-2H3,(H2,70,71,76)/t46-,47-,57+,58+,61+,62+/m1/s1. The highest BCUT2D eigenvalue weighted by Gasteiger charge is 2.43. The van der Waals surface area contributed by atoms with Gasteiger partial charge in [-0.2, -0.15) is 0 Å². The maximum absolute atomic E-state index is 13.3. The molecule has 2 aliphatic carbocycles. The molecule has 2 aliphatic heterocycles. The topological polar surface area (TPSA) is 252 Å². The van der Waals surface area contributed by atoms with E-state index in [0.717, 1.165) is 93.4 Å². The second kappa shape index (κ2) is 34.1. The van der Waals surface area contributed by atoms with Crippen LogP contribution in [-0.2, 0) is 56.4 Å². The normalized spacial score (nSPS) is 20.6. The summed E-state index contributed by atoms with van der Waals surface area (Å²) in [5.74, 6) is 1.25. The first kappa shape index (κ1) is 70.0. The van der Waals surface area contributed by atoms with Crippen LogP contribution in [0.3, 0.4) is 0 Å². The van der Waals surface area contributed by atoms with Crippen LogP contribution in [0.4, 0.5) is 4.79 Å². The number of benzene rings is 4. The predicted octanol–water partition coefficient (Wildman–Crippen LogP) is 9.27. The first-order chi connectivity index (χ1) is 42.3. The number of nitrogens with two attached hydrogens (primary N) is 2. The van der Waals surface area contributed by atoms with Gasteiger partial charge in [0.1, 0.15) is 29.5 Å². The molecule has 0 spiro atoms. The number of carbonyl (C=O) groups is 2. The highest BCUT2D eigenvalue weighted by molar-refractivity contribution is 7.91. The lowest BCUT2D eigenvalue weighted by Gasteiger charge is -2.38. The Morgan fingerprint density at radius 2 is 1.06 bits per heavy atom. The molecular weight excluding hydrogens is 1250 g/mol. The number of aryl methyl sites for hydroxylation is 2. The molecule has 4 aromatic rings. The molecule has 0 aromatic heterocycles. The van der Waals surface area contributed by atoms with Crippen molar-refractivity contribution >= 4 is 78.1 Å². The van der Waals surface area contributed by atoms with Crippen LogP contribution in [0.2, 0.25) is 20.1 Å². The summed E-state index contributed by atoms with van der Waals surface area (Å²) in [6.07, 6.45) is 8.72. The van der Waals surface area contributed by atoms with E-state index in [1.54, 1.807) is 42.5 Å². The summed E-state index contributed by atoms with van der Waals surface area (Å²) < 4.78 is 91.4. The number of sulfone groups is 1. The quantitative estimate of drug-likeness (QED) is 0.0269. The molecule has 4 aromatic carbocycles. The number of rotatable bonds is 35. The number of fused-ring (bicyclic) bond motifs is 2. The summed E-state index contributed by atoms with van der Waals surface area (Å²) in [5, 5.41) is 7.86. The third-order valence-corrected chi connectivity index (χ3v) is 21.0. The van der Waals surface area contributed by atoms with Crippen molar-refractivity contribution in [1.82, 2.24) is 25.2 Å². The van der Waals surface area contributed by atoms with Crippen molar-refractivity contribution in [2.75, 3.05) is 104 Å². The molecule has 0 radical (unpaired) electrons. The molecule has 2 amide bonds. The molecule has 2 saturated heterocycles. The first-order valence-electron chi connectivity index (χ1n) is 30.8. The Labute approximate surface area is 539 Å². The van der Waals surface area contributed by atoms with Crippen molar-refractivity contribution in [2.45, 2.75) is 143 Å². The molecule has 2 heterocycles. The van der Waals surface area contributed by atoms with Crippen LogP contribution in [0.5, 0.6) is 11.5 Å². The lowest BCUT2D eigenvalue weighted by Crippen LogP contribution is -2.49. The van der Waals surface area contributed by atoms with E-state index in [1.165, 1.54) is 6.07 Å². The minimum Gasteiger partial charge on any atom is -0.484 e. The van der Waals surface area contributed by atoms with Gasteiger partial charge in [-0.1, -0.05) is 52.8 Å². The van der Waals surface area contributed by atoms with Crippen LogP contribution < -0.4 is 36.3 Å². The Morgan fingerprint density at radius 3 is 1.60 bits per heavy atom. The number of hydrogen-bond donors (Lipinski definition) is 5. The Bertz CT molecular complexity index is 3000. The highest BCUT2D eigenvalue weighted by atomic mass is 35.5. The van der Waals surface area contributed by atoms with Gasteiger partial charge in [0.05, 0.1) is 67.3 Å². The lowest BCUT2D eigenvalue weighted by molar-refractivity contribution is -0.119. The van der Waals surface area contributed by atoms with Crippen molar-refractivity contribution in [3.63, 3.8) is 0 Å². The fourth-order valence-electron chi connectivity index (χ4n) is 12.0. The predicted molar refractivity (Wildman–Crippen MR) is 344 cm³/mol. The van der Waals surface area contributed by atoms with Crippen LogP contribution in [-0.4, -0.2) is 167 Å². The largest absolute Gasteiger partial charge is 0.484 e. The van der Waals surface area contributed by atoms with Gasteiger partial charge in [-0.3, -0.25) is 14.6 Å². The molecule has 2 fully saturated rings. The Morgan fingerprint density at radius 1 is 0.568 bits per heavy atom. The first-order valence-corrected chi connectivity index (χ1v) is 35.5. The number of carbonyl (C=O) groups excluding carboxylic acids is 2. The number of sulfonamides is 1. The SMILES string of the molecule is Cc1cc(S(=O)(=O)CCCOCCOCCNC(=O)NCCCCCC(=O)CCCOCCOCCNS(=O)(=O)c2ccc(O[C@H]3c4cc(Cl)cc(Cl)c4C[C@@H]3N3CCC[C@@H](N)C3)c(C)c2)ccc1O[C@H]1c2cc(Cl)cc(Cl)c2C[C@@H]1N1CCC[C@@H](N)C1. The maximum Gasteiger partial charge on any atom is 0.314 e. The fourth-order valence-corrected chi connectivity index (χ4v) is 15.7. The lowest BCUT2D eigenvalue weighted by atomic mass is 10.0. The zero-order chi connectivity index (χ0) is 62.8. The van der Waals surface area contributed by atoms with Crippen LogP contribution in [0.15, 0.2) is 70.5 Å². The summed E-state index contributed by atoms with van der Waals surface area (Å²) in [7, 11) is -7.40. The molecule has 88 heavy (non-hydrogen) atoms. The van der Waals surface area contributed by atoms with Gasteiger partial charge in [0.25, 0.3) is 0 Å². The fraction of sp³-hybridized carbons (Fsp3) is 0.587. The number of ketones is 1. The van der Waals surface area contributed by atoms with Gasteiger partial charge in [-0.25, -0.2) is 26.4 Å². The number of urea groups is 1. The summed E-state index contributed by atoms with van der Waals surface area (Å²) in [6.45, 7) is 10.1. The van der Waals surface area contributed by atoms with Crippen LogP contribution >= 0.6 is 46.4 Å². The highest BCUT2D eigenvalue weighted by Crippen LogP contribution is 2.46. The number of halogens is 4. The van der Waals surface area contributed by atoms with Crippen LogP contribution in [0.1, 0.15) is 116 Å². The number of likely N-dealkylation sites (tertiary alicyclic amines) is 2. The molecule has 4 aliphatic rings. The number of hydrogen-bond acceptors (Lipinski definition) is 16. The van der Waals surface area contributed by atoms with Crippen molar-refractivity contribution < 1.29 is 54.8 Å². The Kier molecular flexibility index (Phi) is 27.2. The van der Waals surface area contributed by atoms with E-state index >= 15 is 0 Å². The Hall–Kier alpha value is -3.88. The molecule has 0 bridgehead atoms. The molecule has 19 nitrogen and oxygen atoms in total. The van der Waals surface area contributed by atoms with Crippen molar-refractivity contribution in [2.24, 2.45) is 11.5 Å². The van der Waals surface area contributed by atoms with Crippen molar-refractivity contribution in [3.8, 4) is 11.5 Å². The number of amides is 2. The Balaban J connectivity index is 0.591. The van der Waals surface area contributed by atoms with Gasteiger partial charge >= 0.3 is 6.03 Å². The molecule has 6 atom stereocenters. The van der Waals surface area contributed by atoms with Gasteiger partial charge in [-0.15, -0.1) is 0 Å². The number of Topliss-reactive ketones (excluding diaryl/α,β-unsaturated/α-hetero) is 1. The molecule has 7 N–H and O–H groups in total. The van der Waals surface area contributed by atoms with Crippen molar-refractivity contribution in [3.05, 3.63) is 114 Å². The number of piperidine rings is 2. The number of ether oxygens (including phenoxy) is 6. The summed E-state index contributed by atoms with van der Waals surface area (Å²) in [5.41, 5.74) is 18.0. The van der Waals surface area contributed by atoms with Crippen molar-refractivity contribution in [1.29, 1.82) is 0 Å². The van der Waals surface area contributed by atoms with E-state index in [1.807, 2.05) is 26.0 Å². The summed E-state index contributed by atoms with van der Waals surface area (Å²) in [4.78, 5) is 29.7. The molecular formula is C63H87Cl4N7O12S2. The van der Waals surface area contributed by atoms with Crippen LogP contribution in [0, 0.1) is 13.8 Å². The third kappa shape index (κ3) is 20.3. The number of nitrogens with zero attached hydrogens (tertiary/aromatic N) is 2.